The van der Waals surface area contributed by atoms with Crippen LogP contribution in [0.2, 0.25) is 0 Å². The summed E-state index contributed by atoms with van der Waals surface area (Å²) in [6, 6.07) is 4.51. The number of nitrogens with zero attached hydrogens (tertiary/aromatic N) is 2. The summed E-state index contributed by atoms with van der Waals surface area (Å²) in [6.07, 6.45) is 2.38. The molecule has 0 atom stereocenters. The van der Waals surface area contributed by atoms with Gasteiger partial charge in [-0.2, -0.15) is 0 Å². The lowest BCUT2D eigenvalue weighted by Gasteiger charge is -2.16. The van der Waals surface area contributed by atoms with E-state index in [1.54, 1.807) is 24.9 Å². The maximum Gasteiger partial charge on any atom is 0.272 e. The van der Waals surface area contributed by atoms with Crippen LogP contribution < -0.4 is 0 Å². The van der Waals surface area contributed by atoms with Gasteiger partial charge in [-0.15, -0.1) is 0 Å². The van der Waals surface area contributed by atoms with Gasteiger partial charge in [0.25, 0.3) is 11.6 Å². The molecule has 0 bridgehead atoms. The second-order valence-corrected chi connectivity index (χ2v) is 4.89. The Kier molecular flexibility index (Phi) is 3.32. The quantitative estimate of drug-likeness (QED) is 0.607. The fourth-order valence-corrected chi connectivity index (χ4v) is 1.98. The molecular formula is C13H16N2O3. The van der Waals surface area contributed by atoms with Crippen LogP contribution in [0, 0.1) is 23.0 Å². The molecule has 0 radical (unpaired) electrons. The first-order chi connectivity index (χ1) is 8.49. The van der Waals surface area contributed by atoms with Crippen molar-refractivity contribution in [1.29, 1.82) is 0 Å². The lowest BCUT2D eigenvalue weighted by molar-refractivity contribution is -0.385. The van der Waals surface area contributed by atoms with Crippen LogP contribution in [0.15, 0.2) is 18.2 Å². The van der Waals surface area contributed by atoms with E-state index in [1.807, 2.05) is 0 Å². The number of amides is 1. The Morgan fingerprint density at radius 3 is 2.67 bits per heavy atom. The van der Waals surface area contributed by atoms with Crippen LogP contribution in [0.4, 0.5) is 5.69 Å². The molecular weight excluding hydrogens is 232 g/mol. The van der Waals surface area contributed by atoms with Crippen molar-refractivity contribution in [3.8, 4) is 0 Å². The zero-order valence-electron chi connectivity index (χ0n) is 10.5. The Morgan fingerprint density at radius 1 is 1.50 bits per heavy atom. The van der Waals surface area contributed by atoms with Gasteiger partial charge in [-0.05, 0) is 37.8 Å². The average molecular weight is 248 g/mol. The number of aryl methyl sites for hydroxylation is 1. The molecule has 1 aromatic carbocycles. The molecule has 0 heterocycles. The van der Waals surface area contributed by atoms with E-state index in [2.05, 4.69) is 0 Å². The molecule has 18 heavy (non-hydrogen) atoms. The van der Waals surface area contributed by atoms with E-state index in [0.717, 1.165) is 6.54 Å². The summed E-state index contributed by atoms with van der Waals surface area (Å²) in [4.78, 5) is 24.1. The molecule has 1 fully saturated rings. The van der Waals surface area contributed by atoms with Crippen LogP contribution in [-0.2, 0) is 0 Å². The van der Waals surface area contributed by atoms with Crippen LogP contribution in [-0.4, -0.2) is 29.3 Å². The van der Waals surface area contributed by atoms with Crippen molar-refractivity contribution >= 4 is 11.6 Å². The van der Waals surface area contributed by atoms with Crippen LogP contribution in [0.5, 0.6) is 0 Å². The SMILES string of the molecule is Cc1cc(C(=O)N(C)CC2CC2)ccc1[N+](=O)[O-]. The molecule has 5 heteroatoms. The van der Waals surface area contributed by atoms with E-state index in [0.29, 0.717) is 17.0 Å². The summed E-state index contributed by atoms with van der Waals surface area (Å²) < 4.78 is 0. The highest BCUT2D eigenvalue weighted by Crippen LogP contribution is 2.29. The Labute approximate surface area is 106 Å². The first-order valence-electron chi connectivity index (χ1n) is 5.99. The number of nitro groups is 1. The normalized spacial score (nSPS) is 14.3. The molecule has 1 amide bonds. The topological polar surface area (TPSA) is 63.5 Å². The van der Waals surface area contributed by atoms with Gasteiger partial charge in [0.1, 0.15) is 0 Å². The predicted molar refractivity (Wildman–Crippen MR) is 67.5 cm³/mol. The van der Waals surface area contributed by atoms with E-state index in [9.17, 15) is 14.9 Å². The number of rotatable bonds is 4. The van der Waals surface area contributed by atoms with Gasteiger partial charge in [0.2, 0.25) is 0 Å². The fraction of sp³-hybridized carbons (Fsp3) is 0.462. The first-order valence-corrected chi connectivity index (χ1v) is 5.99. The van der Waals surface area contributed by atoms with Crippen molar-refractivity contribution < 1.29 is 9.72 Å². The second-order valence-electron chi connectivity index (χ2n) is 4.89. The summed E-state index contributed by atoms with van der Waals surface area (Å²) in [7, 11) is 1.78. The largest absolute Gasteiger partial charge is 0.341 e. The van der Waals surface area contributed by atoms with Gasteiger partial charge in [0.05, 0.1) is 4.92 Å². The molecule has 1 aliphatic rings. The van der Waals surface area contributed by atoms with Crippen molar-refractivity contribution in [2.75, 3.05) is 13.6 Å². The molecule has 0 aromatic heterocycles. The maximum atomic E-state index is 12.1. The van der Waals surface area contributed by atoms with E-state index < -0.39 is 4.92 Å². The van der Waals surface area contributed by atoms with Crippen molar-refractivity contribution in [3.63, 3.8) is 0 Å². The Hall–Kier alpha value is -1.91. The van der Waals surface area contributed by atoms with Gasteiger partial charge in [-0.1, -0.05) is 0 Å². The minimum absolute atomic E-state index is 0.0522. The summed E-state index contributed by atoms with van der Waals surface area (Å²) in [5.74, 6) is 0.568. The summed E-state index contributed by atoms with van der Waals surface area (Å²) in [5.41, 5.74) is 1.09. The number of carbonyl (C=O) groups is 1. The number of hydrogen-bond donors (Lipinski definition) is 0. The lowest BCUT2D eigenvalue weighted by Crippen LogP contribution is -2.28. The zero-order valence-corrected chi connectivity index (χ0v) is 10.5. The third-order valence-electron chi connectivity index (χ3n) is 3.22. The molecule has 1 aliphatic carbocycles. The molecule has 96 valence electrons. The van der Waals surface area contributed by atoms with Crippen LogP contribution >= 0.6 is 0 Å². The molecule has 5 nitrogen and oxygen atoms in total. The van der Waals surface area contributed by atoms with Crippen molar-refractivity contribution in [3.05, 3.63) is 39.4 Å². The molecule has 2 rings (SSSR count). The summed E-state index contributed by atoms with van der Waals surface area (Å²) in [5, 5.41) is 10.7. The van der Waals surface area contributed by atoms with Gasteiger partial charge in [0, 0.05) is 30.8 Å². The highest BCUT2D eigenvalue weighted by Gasteiger charge is 2.25. The second kappa shape index (κ2) is 4.76. The number of carbonyl (C=O) groups excluding carboxylic acids is 1. The van der Waals surface area contributed by atoms with Crippen LogP contribution in [0.25, 0.3) is 0 Å². The molecule has 0 aliphatic heterocycles. The molecule has 0 saturated heterocycles. The minimum atomic E-state index is -0.433. The van der Waals surface area contributed by atoms with Gasteiger partial charge < -0.3 is 4.90 Å². The van der Waals surface area contributed by atoms with E-state index >= 15 is 0 Å². The highest BCUT2D eigenvalue weighted by molar-refractivity contribution is 5.94. The van der Waals surface area contributed by atoms with Crippen molar-refractivity contribution in [2.24, 2.45) is 5.92 Å². The summed E-state index contributed by atoms with van der Waals surface area (Å²) in [6.45, 7) is 2.42. The monoisotopic (exact) mass is 248 g/mol. The number of nitro benzene ring substituents is 1. The molecule has 0 N–H and O–H groups in total. The third-order valence-corrected chi connectivity index (χ3v) is 3.22. The molecule has 0 spiro atoms. The zero-order chi connectivity index (χ0) is 13.3. The Bertz CT molecular complexity index is 495. The fourth-order valence-electron chi connectivity index (χ4n) is 1.98. The first kappa shape index (κ1) is 12.5. The van der Waals surface area contributed by atoms with Crippen LogP contribution in [0.3, 0.4) is 0 Å². The number of benzene rings is 1. The van der Waals surface area contributed by atoms with Gasteiger partial charge in [-0.25, -0.2) is 0 Å². The Balaban J connectivity index is 2.14. The van der Waals surface area contributed by atoms with Crippen molar-refractivity contribution in [1.82, 2.24) is 4.90 Å². The standard InChI is InChI=1S/C13H16N2O3/c1-9-7-11(5-6-12(9)15(17)18)13(16)14(2)8-10-3-4-10/h5-7,10H,3-4,8H2,1-2H3. The van der Waals surface area contributed by atoms with Gasteiger partial charge >= 0.3 is 0 Å². The molecule has 1 aromatic rings. The average Bonchev–Trinajstić information content (AvgIpc) is 3.11. The van der Waals surface area contributed by atoms with Crippen LogP contribution in [0.1, 0.15) is 28.8 Å². The van der Waals surface area contributed by atoms with E-state index in [4.69, 9.17) is 0 Å². The smallest absolute Gasteiger partial charge is 0.272 e. The Morgan fingerprint density at radius 2 is 2.17 bits per heavy atom. The highest BCUT2D eigenvalue weighted by atomic mass is 16.6. The summed E-state index contributed by atoms with van der Waals surface area (Å²) >= 11 is 0. The minimum Gasteiger partial charge on any atom is -0.341 e. The third kappa shape index (κ3) is 2.67. The molecule has 1 saturated carbocycles. The number of hydrogen-bond acceptors (Lipinski definition) is 3. The van der Waals surface area contributed by atoms with Gasteiger partial charge in [0.15, 0.2) is 0 Å². The van der Waals surface area contributed by atoms with E-state index in [1.165, 1.54) is 25.0 Å². The van der Waals surface area contributed by atoms with E-state index in [-0.39, 0.29) is 11.6 Å². The van der Waals surface area contributed by atoms with Crippen molar-refractivity contribution in [2.45, 2.75) is 19.8 Å². The predicted octanol–water partition coefficient (Wildman–Crippen LogP) is 2.39. The maximum absolute atomic E-state index is 12.1. The lowest BCUT2D eigenvalue weighted by atomic mass is 10.1. The molecule has 0 unspecified atom stereocenters. The van der Waals surface area contributed by atoms with Gasteiger partial charge in [-0.3, -0.25) is 14.9 Å².